The van der Waals surface area contributed by atoms with Gasteiger partial charge in [-0.05, 0) is 31.2 Å². The SMILES string of the molecule is CCN(c1ccccc1)S(=O)(=O)c1c(F)cccc1F. The van der Waals surface area contributed by atoms with Crippen LogP contribution in [0.25, 0.3) is 0 Å². The van der Waals surface area contributed by atoms with E-state index in [1.54, 1.807) is 37.3 Å². The summed E-state index contributed by atoms with van der Waals surface area (Å²) in [5, 5.41) is 0. The highest BCUT2D eigenvalue weighted by atomic mass is 32.2. The number of hydrogen-bond acceptors (Lipinski definition) is 2. The monoisotopic (exact) mass is 297 g/mol. The molecule has 0 aromatic heterocycles. The Labute approximate surface area is 116 Å². The van der Waals surface area contributed by atoms with Crippen molar-refractivity contribution >= 4 is 15.7 Å². The maximum Gasteiger partial charge on any atom is 0.270 e. The van der Waals surface area contributed by atoms with E-state index >= 15 is 0 Å². The molecule has 0 unspecified atom stereocenters. The number of rotatable bonds is 4. The average molecular weight is 297 g/mol. The minimum Gasteiger partial charge on any atom is -0.266 e. The van der Waals surface area contributed by atoms with Crippen molar-refractivity contribution < 1.29 is 17.2 Å². The molecule has 3 nitrogen and oxygen atoms in total. The van der Waals surface area contributed by atoms with E-state index in [1.807, 2.05) is 0 Å². The van der Waals surface area contributed by atoms with Gasteiger partial charge in [0.2, 0.25) is 0 Å². The third-order valence-electron chi connectivity index (χ3n) is 2.80. The molecule has 0 heterocycles. The van der Waals surface area contributed by atoms with Crippen LogP contribution in [0.2, 0.25) is 0 Å². The molecule has 0 amide bonds. The fourth-order valence-corrected chi connectivity index (χ4v) is 3.51. The molecule has 0 saturated carbocycles. The number of benzene rings is 2. The summed E-state index contributed by atoms with van der Waals surface area (Å²) in [6, 6.07) is 11.2. The zero-order chi connectivity index (χ0) is 14.8. The number of para-hydroxylation sites is 1. The van der Waals surface area contributed by atoms with Gasteiger partial charge >= 0.3 is 0 Å². The summed E-state index contributed by atoms with van der Waals surface area (Å²) >= 11 is 0. The molecule has 2 aromatic rings. The standard InChI is InChI=1S/C14H13F2NO2S/c1-2-17(11-7-4-3-5-8-11)20(18,19)14-12(15)9-6-10-13(14)16/h3-10H,2H2,1H3. The Bertz CT molecular complexity index is 682. The molecule has 0 aliphatic carbocycles. The van der Waals surface area contributed by atoms with E-state index in [1.165, 1.54) is 0 Å². The van der Waals surface area contributed by atoms with Crippen LogP contribution in [-0.4, -0.2) is 15.0 Å². The second-order valence-electron chi connectivity index (χ2n) is 4.06. The predicted octanol–water partition coefficient (Wildman–Crippen LogP) is 3.18. The lowest BCUT2D eigenvalue weighted by atomic mass is 10.3. The summed E-state index contributed by atoms with van der Waals surface area (Å²) in [7, 11) is -4.28. The van der Waals surface area contributed by atoms with Crippen molar-refractivity contribution in [2.75, 3.05) is 10.8 Å². The van der Waals surface area contributed by atoms with Crippen molar-refractivity contribution in [1.29, 1.82) is 0 Å². The third-order valence-corrected chi connectivity index (χ3v) is 4.75. The summed E-state index contributed by atoms with van der Waals surface area (Å²) in [5.41, 5.74) is 0.359. The highest BCUT2D eigenvalue weighted by Crippen LogP contribution is 2.26. The van der Waals surface area contributed by atoms with Crippen LogP contribution in [-0.2, 0) is 10.0 Å². The van der Waals surface area contributed by atoms with Gasteiger partial charge in [0.25, 0.3) is 10.0 Å². The molecule has 0 fully saturated rings. The number of sulfonamides is 1. The highest BCUT2D eigenvalue weighted by molar-refractivity contribution is 7.92. The van der Waals surface area contributed by atoms with E-state index in [0.29, 0.717) is 5.69 Å². The second-order valence-corrected chi connectivity index (χ2v) is 5.86. The summed E-state index contributed by atoms with van der Waals surface area (Å²) in [5.74, 6) is -2.20. The van der Waals surface area contributed by atoms with E-state index in [-0.39, 0.29) is 6.54 Å². The Kier molecular flexibility index (Phi) is 4.04. The molecule has 106 valence electrons. The first-order chi connectivity index (χ1) is 9.48. The molecular weight excluding hydrogens is 284 g/mol. The molecule has 0 N–H and O–H groups in total. The van der Waals surface area contributed by atoms with Crippen molar-refractivity contribution in [2.24, 2.45) is 0 Å². The summed E-state index contributed by atoms with van der Waals surface area (Å²) < 4.78 is 53.3. The first kappa shape index (κ1) is 14.5. The van der Waals surface area contributed by atoms with E-state index < -0.39 is 26.6 Å². The lowest BCUT2D eigenvalue weighted by Gasteiger charge is -2.23. The Hall–Kier alpha value is -1.95. The van der Waals surface area contributed by atoms with Gasteiger partial charge in [-0.3, -0.25) is 4.31 Å². The van der Waals surface area contributed by atoms with Crippen LogP contribution >= 0.6 is 0 Å². The normalized spacial score (nSPS) is 11.3. The zero-order valence-electron chi connectivity index (χ0n) is 10.8. The van der Waals surface area contributed by atoms with Crippen LogP contribution in [0.15, 0.2) is 53.4 Å². The highest BCUT2D eigenvalue weighted by Gasteiger charge is 2.29. The van der Waals surface area contributed by atoms with Crippen LogP contribution < -0.4 is 4.31 Å². The van der Waals surface area contributed by atoms with Crippen LogP contribution in [0.5, 0.6) is 0 Å². The quantitative estimate of drug-likeness (QED) is 0.869. The molecule has 0 radical (unpaired) electrons. The Balaban J connectivity index is 2.59. The smallest absolute Gasteiger partial charge is 0.266 e. The van der Waals surface area contributed by atoms with Gasteiger partial charge in [0.15, 0.2) is 4.90 Å². The van der Waals surface area contributed by atoms with Crippen molar-refractivity contribution in [3.63, 3.8) is 0 Å². The Morgan fingerprint density at radius 3 is 2.00 bits per heavy atom. The lowest BCUT2D eigenvalue weighted by Crippen LogP contribution is -2.32. The van der Waals surface area contributed by atoms with E-state index in [9.17, 15) is 17.2 Å². The number of hydrogen-bond donors (Lipinski definition) is 0. The molecule has 0 atom stereocenters. The molecule has 0 spiro atoms. The number of anilines is 1. The lowest BCUT2D eigenvalue weighted by molar-refractivity contribution is 0.518. The molecular formula is C14H13F2NO2S. The summed E-state index contributed by atoms with van der Waals surface area (Å²) in [4.78, 5) is -0.925. The average Bonchev–Trinajstić information content (AvgIpc) is 2.40. The summed E-state index contributed by atoms with van der Waals surface area (Å²) in [6.07, 6.45) is 0. The predicted molar refractivity (Wildman–Crippen MR) is 73.0 cm³/mol. The van der Waals surface area contributed by atoms with Crippen molar-refractivity contribution in [3.05, 3.63) is 60.2 Å². The molecule has 6 heteroatoms. The first-order valence-corrected chi connectivity index (χ1v) is 7.44. The van der Waals surface area contributed by atoms with Gasteiger partial charge < -0.3 is 0 Å². The molecule has 0 saturated heterocycles. The van der Waals surface area contributed by atoms with Gasteiger partial charge in [-0.15, -0.1) is 0 Å². The fourth-order valence-electron chi connectivity index (χ4n) is 1.92. The van der Waals surface area contributed by atoms with Gasteiger partial charge in [-0.2, -0.15) is 0 Å². The Morgan fingerprint density at radius 2 is 1.50 bits per heavy atom. The molecule has 2 aromatic carbocycles. The maximum atomic E-state index is 13.7. The van der Waals surface area contributed by atoms with Gasteiger partial charge in [0.1, 0.15) is 11.6 Å². The van der Waals surface area contributed by atoms with Crippen LogP contribution in [0, 0.1) is 11.6 Å². The van der Waals surface area contributed by atoms with Crippen LogP contribution in [0.1, 0.15) is 6.92 Å². The van der Waals surface area contributed by atoms with Crippen LogP contribution in [0.4, 0.5) is 14.5 Å². The molecule has 0 aliphatic rings. The van der Waals surface area contributed by atoms with Crippen molar-refractivity contribution in [1.82, 2.24) is 0 Å². The van der Waals surface area contributed by atoms with Gasteiger partial charge in [0.05, 0.1) is 5.69 Å². The molecule has 0 bridgehead atoms. The van der Waals surface area contributed by atoms with Crippen LogP contribution in [0.3, 0.4) is 0 Å². The second kappa shape index (κ2) is 5.58. The Morgan fingerprint density at radius 1 is 0.950 bits per heavy atom. The van der Waals surface area contributed by atoms with E-state index in [2.05, 4.69) is 0 Å². The van der Waals surface area contributed by atoms with E-state index in [0.717, 1.165) is 22.5 Å². The zero-order valence-corrected chi connectivity index (χ0v) is 11.6. The van der Waals surface area contributed by atoms with Gasteiger partial charge in [-0.25, -0.2) is 17.2 Å². The maximum absolute atomic E-state index is 13.7. The largest absolute Gasteiger partial charge is 0.270 e. The molecule has 0 aliphatic heterocycles. The topological polar surface area (TPSA) is 37.4 Å². The van der Waals surface area contributed by atoms with Crippen molar-refractivity contribution in [2.45, 2.75) is 11.8 Å². The summed E-state index contributed by atoms with van der Waals surface area (Å²) in [6.45, 7) is 1.67. The fraction of sp³-hybridized carbons (Fsp3) is 0.143. The minimum absolute atomic E-state index is 0.0696. The first-order valence-electron chi connectivity index (χ1n) is 6.00. The minimum atomic E-state index is -4.28. The van der Waals surface area contributed by atoms with E-state index in [4.69, 9.17) is 0 Å². The molecule has 20 heavy (non-hydrogen) atoms. The van der Waals surface area contributed by atoms with Gasteiger partial charge in [0, 0.05) is 6.54 Å². The number of nitrogens with zero attached hydrogens (tertiary/aromatic N) is 1. The van der Waals surface area contributed by atoms with Gasteiger partial charge in [-0.1, -0.05) is 24.3 Å². The third kappa shape index (κ3) is 2.51. The van der Waals surface area contributed by atoms with Crippen molar-refractivity contribution in [3.8, 4) is 0 Å². The number of halogens is 2. The molecule has 2 rings (SSSR count).